The van der Waals surface area contributed by atoms with Crippen LogP contribution in [0.1, 0.15) is 30.4 Å². The van der Waals surface area contributed by atoms with E-state index >= 15 is 8.78 Å². The van der Waals surface area contributed by atoms with Gasteiger partial charge in [0.1, 0.15) is 11.6 Å². The third kappa shape index (κ3) is 6.47. The zero-order chi connectivity index (χ0) is 28.4. The number of hydrogen-bond acceptors (Lipinski definition) is 6. The number of nitrogens with zero attached hydrogens (tertiary/aromatic N) is 4. The highest BCUT2D eigenvalue weighted by molar-refractivity contribution is 7.92. The summed E-state index contributed by atoms with van der Waals surface area (Å²) in [6, 6.07) is 8.61. The van der Waals surface area contributed by atoms with Crippen LogP contribution in [0.15, 0.2) is 59.8 Å². The van der Waals surface area contributed by atoms with Crippen LogP contribution in [0.2, 0.25) is 0 Å². The fourth-order valence-corrected chi connectivity index (χ4v) is 5.99. The molecule has 4 rings (SSSR count). The Morgan fingerprint density at radius 1 is 1.05 bits per heavy atom. The molecule has 7 nitrogen and oxygen atoms in total. The molecule has 3 aromatic rings. The number of alkyl halides is 3. The lowest BCUT2D eigenvalue weighted by Gasteiger charge is -2.48. The molecule has 0 radical (unpaired) electrons. The molecule has 0 amide bonds. The molecule has 1 aliphatic rings. The average molecular weight is 570 g/mol. The molecule has 1 aromatic heterocycles. The molecule has 2 heterocycles. The van der Waals surface area contributed by atoms with E-state index in [2.05, 4.69) is 9.97 Å². The first-order chi connectivity index (χ1) is 18.3. The minimum atomic E-state index is -4.64. The summed E-state index contributed by atoms with van der Waals surface area (Å²) in [4.78, 5) is 10.0. The van der Waals surface area contributed by atoms with Crippen LogP contribution < -0.4 is 9.62 Å². The Morgan fingerprint density at radius 2 is 1.72 bits per heavy atom. The van der Waals surface area contributed by atoms with Gasteiger partial charge in [-0.3, -0.25) is 0 Å². The molecule has 1 N–H and O–H groups in total. The summed E-state index contributed by atoms with van der Waals surface area (Å²) in [5, 5.41) is 0. The molecular weight excluding hydrogens is 541 g/mol. The molecule has 1 fully saturated rings. The van der Waals surface area contributed by atoms with Gasteiger partial charge in [0.2, 0.25) is 5.95 Å². The molecule has 1 atom stereocenters. The van der Waals surface area contributed by atoms with Gasteiger partial charge in [-0.25, -0.2) is 31.9 Å². The molecule has 39 heavy (non-hydrogen) atoms. The second-order valence-electron chi connectivity index (χ2n) is 9.76. The number of sulfonamides is 1. The van der Waals surface area contributed by atoms with E-state index in [1.54, 1.807) is 11.0 Å². The zero-order valence-electron chi connectivity index (χ0n) is 21.3. The lowest BCUT2D eigenvalue weighted by molar-refractivity contribution is -0.137. The maximum atomic E-state index is 15.1. The molecule has 2 aromatic carbocycles. The number of rotatable bonds is 8. The van der Waals surface area contributed by atoms with Gasteiger partial charge in [-0.1, -0.05) is 18.2 Å². The molecule has 210 valence electrons. The van der Waals surface area contributed by atoms with Crippen molar-refractivity contribution in [1.29, 1.82) is 0 Å². The lowest BCUT2D eigenvalue weighted by Crippen LogP contribution is -2.56. The van der Waals surface area contributed by atoms with E-state index in [1.165, 1.54) is 24.5 Å². The van der Waals surface area contributed by atoms with Crippen LogP contribution in [0.3, 0.4) is 0 Å². The topological polar surface area (TPSA) is 78.4 Å². The maximum Gasteiger partial charge on any atom is 0.416 e. The monoisotopic (exact) mass is 569 g/mol. The van der Waals surface area contributed by atoms with Crippen molar-refractivity contribution in [3.05, 3.63) is 77.6 Å². The third-order valence-electron chi connectivity index (χ3n) is 7.05. The predicted octanol–water partition coefficient (Wildman–Crippen LogP) is 5.11. The number of halogens is 5. The molecule has 1 unspecified atom stereocenters. The number of aromatic nitrogens is 2. The number of piperidine rings is 1. The van der Waals surface area contributed by atoms with Crippen LogP contribution in [0, 0.1) is 11.6 Å². The first-order valence-electron chi connectivity index (χ1n) is 12.2. The van der Waals surface area contributed by atoms with Gasteiger partial charge in [0.05, 0.1) is 5.56 Å². The molecule has 0 aliphatic carbocycles. The highest BCUT2D eigenvalue weighted by Crippen LogP contribution is 2.36. The average Bonchev–Trinajstić information content (AvgIpc) is 2.87. The van der Waals surface area contributed by atoms with Crippen molar-refractivity contribution in [1.82, 2.24) is 14.9 Å². The number of likely N-dealkylation sites (N-methyl/N-ethyl adjacent to an activating group) is 1. The molecule has 1 saturated heterocycles. The standard InChI is InChI=1S/C26H28F5N5O2S/c1-35(2)25(10-8-18-6-3-7-19(14-18)26(29,30)31)9-4-13-36(17-25)20-15-21(27)23(22(28)16-20)39(37,38)34-24-32-11-5-12-33-24/h3,5-7,11-12,14-16H,4,8-10,13,17H2,1-2H3,(H,32,33,34). The number of benzene rings is 2. The molecular formula is C26H28F5N5O2S. The van der Waals surface area contributed by atoms with Gasteiger partial charge >= 0.3 is 6.18 Å². The van der Waals surface area contributed by atoms with Crippen LogP contribution in [0.25, 0.3) is 0 Å². The quantitative estimate of drug-likeness (QED) is 0.380. The highest BCUT2D eigenvalue weighted by atomic mass is 32.2. The number of aryl methyl sites for hydroxylation is 1. The maximum absolute atomic E-state index is 15.1. The van der Waals surface area contributed by atoms with Crippen LogP contribution in [-0.4, -0.2) is 56.0 Å². The van der Waals surface area contributed by atoms with Crippen LogP contribution in [0.5, 0.6) is 0 Å². The Labute approximate surface area is 223 Å². The van der Waals surface area contributed by atoms with Crippen LogP contribution in [-0.2, 0) is 22.6 Å². The Morgan fingerprint density at radius 3 is 2.33 bits per heavy atom. The van der Waals surface area contributed by atoms with Gasteiger partial charge in [0.15, 0.2) is 4.90 Å². The zero-order valence-corrected chi connectivity index (χ0v) is 22.2. The van der Waals surface area contributed by atoms with Gasteiger partial charge in [0.25, 0.3) is 10.0 Å². The van der Waals surface area contributed by atoms with E-state index < -0.39 is 43.8 Å². The smallest absolute Gasteiger partial charge is 0.370 e. The van der Waals surface area contributed by atoms with Crippen molar-refractivity contribution in [3.8, 4) is 0 Å². The minimum Gasteiger partial charge on any atom is -0.370 e. The van der Waals surface area contributed by atoms with Crippen molar-refractivity contribution in [2.75, 3.05) is 36.8 Å². The molecule has 13 heteroatoms. The highest BCUT2D eigenvalue weighted by Gasteiger charge is 2.38. The summed E-state index contributed by atoms with van der Waals surface area (Å²) in [7, 11) is -0.914. The largest absolute Gasteiger partial charge is 0.416 e. The SMILES string of the molecule is CN(C)C1(CCc2cccc(C(F)(F)F)c2)CCCN(c2cc(F)c(S(=O)(=O)Nc3ncccn3)c(F)c2)C1. The molecule has 0 saturated carbocycles. The molecule has 0 spiro atoms. The van der Waals surface area contributed by atoms with Crippen molar-refractivity contribution >= 4 is 21.7 Å². The van der Waals surface area contributed by atoms with E-state index in [0.29, 0.717) is 37.9 Å². The fourth-order valence-electron chi connectivity index (χ4n) is 4.91. The molecule has 1 aliphatic heterocycles. The second-order valence-corrected chi connectivity index (χ2v) is 11.4. The summed E-state index contributed by atoms with van der Waals surface area (Å²) in [5.41, 5.74) is -0.482. The van der Waals surface area contributed by atoms with Gasteiger partial charge in [-0.05, 0) is 69.6 Å². The Bertz CT molecular complexity index is 1400. The van der Waals surface area contributed by atoms with E-state index in [0.717, 1.165) is 30.7 Å². The lowest BCUT2D eigenvalue weighted by atomic mass is 9.82. The Hall–Kier alpha value is -3.32. The summed E-state index contributed by atoms with van der Waals surface area (Å²) in [6.07, 6.45) is 0.403. The number of anilines is 2. The number of nitrogens with one attached hydrogen (secondary N) is 1. The van der Waals surface area contributed by atoms with Gasteiger partial charge < -0.3 is 9.80 Å². The van der Waals surface area contributed by atoms with E-state index in [1.807, 2.05) is 23.7 Å². The normalized spacial score (nSPS) is 18.4. The van der Waals surface area contributed by atoms with Gasteiger partial charge in [-0.2, -0.15) is 13.2 Å². The molecule has 0 bridgehead atoms. The van der Waals surface area contributed by atoms with Crippen molar-refractivity contribution in [2.24, 2.45) is 0 Å². The van der Waals surface area contributed by atoms with Crippen molar-refractivity contribution in [2.45, 2.75) is 42.3 Å². The van der Waals surface area contributed by atoms with Crippen LogP contribution >= 0.6 is 0 Å². The van der Waals surface area contributed by atoms with E-state index in [4.69, 9.17) is 0 Å². The van der Waals surface area contributed by atoms with Gasteiger partial charge in [-0.15, -0.1) is 0 Å². The number of hydrogen-bond donors (Lipinski definition) is 1. The predicted molar refractivity (Wildman–Crippen MR) is 137 cm³/mol. The summed E-state index contributed by atoms with van der Waals surface area (Å²) in [5.74, 6) is -2.86. The second kappa shape index (κ2) is 11.0. The van der Waals surface area contributed by atoms with Crippen LogP contribution in [0.4, 0.5) is 33.6 Å². The Balaban J connectivity index is 1.56. The summed E-state index contributed by atoms with van der Waals surface area (Å²) < 4.78 is 97.0. The first kappa shape index (κ1) is 28.7. The van der Waals surface area contributed by atoms with E-state index in [-0.39, 0.29) is 11.6 Å². The summed E-state index contributed by atoms with van der Waals surface area (Å²) >= 11 is 0. The van der Waals surface area contributed by atoms with Crippen molar-refractivity contribution in [3.63, 3.8) is 0 Å². The van der Waals surface area contributed by atoms with Crippen molar-refractivity contribution < 1.29 is 30.4 Å². The van der Waals surface area contributed by atoms with E-state index in [9.17, 15) is 21.6 Å². The first-order valence-corrected chi connectivity index (χ1v) is 13.7. The van der Waals surface area contributed by atoms with Gasteiger partial charge in [0, 0.05) is 36.7 Å². The summed E-state index contributed by atoms with van der Waals surface area (Å²) in [6.45, 7) is 0.820. The fraction of sp³-hybridized carbons (Fsp3) is 0.385. The minimum absolute atomic E-state index is 0.171. The Kier molecular flexibility index (Phi) is 8.12. The third-order valence-corrected chi connectivity index (χ3v) is 8.42.